The number of esters is 1. The molecular weight excluding hydrogens is 211 g/mol. The van der Waals surface area contributed by atoms with E-state index in [1.165, 1.54) is 14.0 Å². The Morgan fingerprint density at radius 3 is 2.69 bits per heavy atom. The number of alkyl halides is 1. The fourth-order valence-electron chi connectivity index (χ4n) is 1.53. The molecule has 0 aliphatic carbocycles. The molecule has 16 heavy (non-hydrogen) atoms. The molecule has 0 heterocycles. The fraction of sp³-hybridized carbons (Fsp3) is 0.417. The topological polar surface area (TPSA) is 46.5 Å². The number of aliphatic hydroxyl groups is 1. The number of benzene rings is 1. The van der Waals surface area contributed by atoms with Gasteiger partial charge in [0.2, 0.25) is 0 Å². The van der Waals surface area contributed by atoms with Crippen LogP contribution in [0.4, 0.5) is 4.39 Å². The predicted octanol–water partition coefficient (Wildman–Crippen LogP) is 1.79. The van der Waals surface area contributed by atoms with Gasteiger partial charge in [0.15, 0.2) is 6.10 Å². The van der Waals surface area contributed by atoms with Gasteiger partial charge in [-0.2, -0.15) is 0 Å². The normalized spacial score (nSPS) is 14.2. The maximum absolute atomic E-state index is 12.9. The highest BCUT2D eigenvalue weighted by molar-refractivity contribution is 5.76. The zero-order chi connectivity index (χ0) is 12.1. The van der Waals surface area contributed by atoms with Gasteiger partial charge in [-0.15, -0.1) is 0 Å². The molecule has 0 spiro atoms. The van der Waals surface area contributed by atoms with E-state index in [9.17, 15) is 14.3 Å². The third-order valence-corrected chi connectivity index (χ3v) is 2.28. The Morgan fingerprint density at radius 2 is 2.12 bits per heavy atom. The molecule has 0 bridgehead atoms. The van der Waals surface area contributed by atoms with Gasteiger partial charge in [0.25, 0.3) is 0 Å². The second-order valence-electron chi connectivity index (χ2n) is 3.61. The number of aliphatic hydroxyl groups excluding tert-OH is 1. The quantitative estimate of drug-likeness (QED) is 0.796. The second kappa shape index (κ2) is 5.61. The SMILES string of the molecule is COC(=O)C(O)c1ccccc1CC(C)F. The summed E-state index contributed by atoms with van der Waals surface area (Å²) in [5, 5.41) is 9.69. The molecule has 0 amide bonds. The van der Waals surface area contributed by atoms with E-state index in [2.05, 4.69) is 4.74 Å². The number of carbonyl (C=O) groups is 1. The number of carbonyl (C=O) groups excluding carboxylic acids is 1. The molecule has 0 aliphatic rings. The Kier molecular flexibility index (Phi) is 4.43. The highest BCUT2D eigenvalue weighted by Crippen LogP contribution is 2.21. The van der Waals surface area contributed by atoms with Gasteiger partial charge in [0.1, 0.15) is 6.17 Å². The van der Waals surface area contributed by atoms with Crippen LogP contribution in [-0.2, 0) is 16.0 Å². The van der Waals surface area contributed by atoms with Crippen LogP contribution in [0.2, 0.25) is 0 Å². The maximum Gasteiger partial charge on any atom is 0.339 e. The van der Waals surface area contributed by atoms with Gasteiger partial charge >= 0.3 is 5.97 Å². The second-order valence-corrected chi connectivity index (χ2v) is 3.61. The molecule has 0 radical (unpaired) electrons. The van der Waals surface area contributed by atoms with Gasteiger partial charge in [0.05, 0.1) is 7.11 Å². The minimum atomic E-state index is -1.35. The van der Waals surface area contributed by atoms with Crippen molar-refractivity contribution in [2.75, 3.05) is 7.11 Å². The van der Waals surface area contributed by atoms with E-state index in [0.29, 0.717) is 11.1 Å². The van der Waals surface area contributed by atoms with Crippen LogP contribution >= 0.6 is 0 Å². The van der Waals surface area contributed by atoms with Crippen molar-refractivity contribution in [3.8, 4) is 0 Å². The summed E-state index contributed by atoms with van der Waals surface area (Å²) >= 11 is 0. The van der Waals surface area contributed by atoms with Crippen LogP contribution in [0.25, 0.3) is 0 Å². The van der Waals surface area contributed by atoms with Crippen LogP contribution in [0.1, 0.15) is 24.2 Å². The molecule has 0 aromatic heterocycles. The van der Waals surface area contributed by atoms with Crippen LogP contribution < -0.4 is 0 Å². The number of rotatable bonds is 4. The zero-order valence-electron chi connectivity index (χ0n) is 9.31. The molecule has 0 saturated heterocycles. The molecule has 1 aromatic rings. The molecule has 3 nitrogen and oxygen atoms in total. The van der Waals surface area contributed by atoms with E-state index in [4.69, 9.17) is 0 Å². The Morgan fingerprint density at radius 1 is 1.50 bits per heavy atom. The summed E-state index contributed by atoms with van der Waals surface area (Å²) in [5.74, 6) is -0.737. The molecule has 0 aliphatic heterocycles. The molecule has 2 atom stereocenters. The smallest absolute Gasteiger partial charge is 0.339 e. The Hall–Kier alpha value is -1.42. The number of halogens is 1. The first kappa shape index (κ1) is 12.6. The summed E-state index contributed by atoms with van der Waals surface area (Å²) in [7, 11) is 1.20. The van der Waals surface area contributed by atoms with Crippen LogP contribution in [0.5, 0.6) is 0 Å². The van der Waals surface area contributed by atoms with E-state index in [1.807, 2.05) is 0 Å². The molecule has 2 unspecified atom stereocenters. The molecule has 1 rings (SSSR count). The van der Waals surface area contributed by atoms with E-state index < -0.39 is 18.2 Å². The third kappa shape index (κ3) is 3.03. The van der Waals surface area contributed by atoms with Gasteiger partial charge in [-0.25, -0.2) is 9.18 Å². The molecule has 4 heteroatoms. The van der Waals surface area contributed by atoms with Crippen molar-refractivity contribution in [1.82, 2.24) is 0 Å². The minimum Gasteiger partial charge on any atom is -0.467 e. The molecule has 0 fully saturated rings. The summed E-state index contributed by atoms with van der Waals surface area (Å²) in [6, 6.07) is 6.72. The Labute approximate surface area is 93.9 Å². The molecule has 1 N–H and O–H groups in total. The number of ether oxygens (including phenoxy) is 1. The van der Waals surface area contributed by atoms with E-state index >= 15 is 0 Å². The number of hydrogen-bond acceptors (Lipinski definition) is 3. The number of hydrogen-bond donors (Lipinski definition) is 1. The maximum atomic E-state index is 12.9. The van der Waals surface area contributed by atoms with E-state index in [1.54, 1.807) is 24.3 Å². The van der Waals surface area contributed by atoms with Crippen molar-refractivity contribution in [1.29, 1.82) is 0 Å². The van der Waals surface area contributed by atoms with Gasteiger partial charge in [0, 0.05) is 6.42 Å². The van der Waals surface area contributed by atoms with Crippen LogP contribution in [-0.4, -0.2) is 24.4 Å². The van der Waals surface area contributed by atoms with Crippen molar-refractivity contribution >= 4 is 5.97 Å². The first-order valence-electron chi connectivity index (χ1n) is 5.04. The van der Waals surface area contributed by atoms with Crippen LogP contribution in [0.15, 0.2) is 24.3 Å². The number of methoxy groups -OCH3 is 1. The lowest BCUT2D eigenvalue weighted by Gasteiger charge is -2.14. The van der Waals surface area contributed by atoms with Crippen molar-refractivity contribution < 1.29 is 19.0 Å². The highest BCUT2D eigenvalue weighted by Gasteiger charge is 2.21. The van der Waals surface area contributed by atoms with Gasteiger partial charge in [-0.1, -0.05) is 24.3 Å². The zero-order valence-corrected chi connectivity index (χ0v) is 9.31. The molecule has 88 valence electrons. The third-order valence-electron chi connectivity index (χ3n) is 2.28. The van der Waals surface area contributed by atoms with Crippen molar-refractivity contribution in [2.24, 2.45) is 0 Å². The minimum absolute atomic E-state index is 0.171. The van der Waals surface area contributed by atoms with Crippen molar-refractivity contribution in [2.45, 2.75) is 25.6 Å². The molecule has 1 aromatic carbocycles. The van der Waals surface area contributed by atoms with Crippen LogP contribution in [0.3, 0.4) is 0 Å². The monoisotopic (exact) mass is 226 g/mol. The Balaban J connectivity index is 2.98. The lowest BCUT2D eigenvalue weighted by molar-refractivity contribution is -0.150. The molecule has 0 saturated carbocycles. The predicted molar refractivity (Wildman–Crippen MR) is 57.7 cm³/mol. The van der Waals surface area contributed by atoms with Crippen molar-refractivity contribution in [3.05, 3.63) is 35.4 Å². The highest BCUT2D eigenvalue weighted by atomic mass is 19.1. The average Bonchev–Trinajstić information content (AvgIpc) is 2.27. The standard InChI is InChI=1S/C12H15FO3/c1-8(13)7-9-5-3-4-6-10(9)11(14)12(15)16-2/h3-6,8,11,14H,7H2,1-2H3. The summed E-state index contributed by atoms with van der Waals surface area (Å²) in [5.41, 5.74) is 1.02. The van der Waals surface area contributed by atoms with E-state index in [-0.39, 0.29) is 6.42 Å². The van der Waals surface area contributed by atoms with E-state index in [0.717, 1.165) is 0 Å². The summed E-state index contributed by atoms with van der Waals surface area (Å²) in [6.45, 7) is 1.43. The average molecular weight is 226 g/mol. The largest absolute Gasteiger partial charge is 0.467 e. The first-order valence-corrected chi connectivity index (χ1v) is 5.04. The Bertz CT molecular complexity index is 363. The van der Waals surface area contributed by atoms with Crippen LogP contribution in [0, 0.1) is 0 Å². The lowest BCUT2D eigenvalue weighted by Crippen LogP contribution is -2.16. The molecular formula is C12H15FO3. The lowest BCUT2D eigenvalue weighted by atomic mass is 9.98. The summed E-state index contributed by atoms with van der Waals surface area (Å²) in [4.78, 5) is 11.2. The first-order chi connectivity index (χ1) is 7.56. The summed E-state index contributed by atoms with van der Waals surface area (Å²) < 4.78 is 17.4. The van der Waals surface area contributed by atoms with Crippen molar-refractivity contribution in [3.63, 3.8) is 0 Å². The fourth-order valence-corrected chi connectivity index (χ4v) is 1.53. The van der Waals surface area contributed by atoms with Gasteiger partial charge in [-0.3, -0.25) is 0 Å². The van der Waals surface area contributed by atoms with Gasteiger partial charge in [-0.05, 0) is 18.1 Å². The summed E-state index contributed by atoms with van der Waals surface area (Å²) in [6.07, 6.45) is -2.20. The van der Waals surface area contributed by atoms with Gasteiger partial charge < -0.3 is 9.84 Å².